The van der Waals surface area contributed by atoms with E-state index in [1.165, 1.54) is 0 Å². The van der Waals surface area contributed by atoms with Crippen LogP contribution >= 0.6 is 15.9 Å². The molecule has 0 aliphatic heterocycles. The van der Waals surface area contributed by atoms with Crippen LogP contribution in [0.1, 0.15) is 25.8 Å². The number of nitrogens with zero attached hydrogens (tertiary/aromatic N) is 2. The van der Waals surface area contributed by atoms with Crippen LogP contribution in [0.4, 0.5) is 0 Å². The number of carbonyl (C=O) groups excluding carboxylic acids is 1. The van der Waals surface area contributed by atoms with E-state index in [2.05, 4.69) is 26.3 Å². The van der Waals surface area contributed by atoms with Crippen LogP contribution in [-0.2, 0) is 4.79 Å². The summed E-state index contributed by atoms with van der Waals surface area (Å²) in [4.78, 5) is 11.6. The largest absolute Gasteiger partial charge is 0.352 e. The van der Waals surface area contributed by atoms with Gasteiger partial charge in [0.05, 0.1) is 0 Å². The van der Waals surface area contributed by atoms with Gasteiger partial charge in [-0.1, -0.05) is 0 Å². The monoisotopic (exact) mass is 257 g/mol. The number of aromatic nitrogens is 2. The molecule has 1 saturated carbocycles. The van der Waals surface area contributed by atoms with Crippen molar-refractivity contribution in [1.82, 2.24) is 15.1 Å². The summed E-state index contributed by atoms with van der Waals surface area (Å²) in [6.07, 6.45) is 4.02. The molecule has 1 fully saturated rings. The molecule has 0 spiro atoms. The highest BCUT2D eigenvalue weighted by molar-refractivity contribution is 9.10. The van der Waals surface area contributed by atoms with Crippen LogP contribution in [0.25, 0.3) is 0 Å². The fraction of sp³-hybridized carbons (Fsp3) is 0.556. The van der Waals surface area contributed by atoms with E-state index in [-0.39, 0.29) is 11.9 Å². The van der Waals surface area contributed by atoms with Gasteiger partial charge >= 0.3 is 0 Å². The van der Waals surface area contributed by atoms with Crippen molar-refractivity contribution in [3.8, 4) is 0 Å². The van der Waals surface area contributed by atoms with E-state index >= 15 is 0 Å². The third kappa shape index (κ3) is 2.15. The van der Waals surface area contributed by atoms with E-state index in [0.717, 1.165) is 17.4 Å². The van der Waals surface area contributed by atoms with Crippen LogP contribution in [0.5, 0.6) is 0 Å². The third-order valence-corrected chi connectivity index (χ3v) is 2.70. The molecule has 1 heterocycles. The van der Waals surface area contributed by atoms with Gasteiger partial charge in [-0.25, -0.2) is 0 Å². The van der Waals surface area contributed by atoms with Gasteiger partial charge in [0.25, 0.3) is 0 Å². The highest BCUT2D eigenvalue weighted by Crippen LogP contribution is 2.20. The average Bonchev–Trinajstić information content (AvgIpc) is 2.85. The minimum atomic E-state index is -0.234. The first-order valence-corrected chi connectivity index (χ1v) is 5.47. The topological polar surface area (TPSA) is 46.9 Å². The zero-order chi connectivity index (χ0) is 10.1. The fourth-order valence-electron chi connectivity index (χ4n) is 1.20. The highest BCUT2D eigenvalue weighted by atomic mass is 79.9. The summed E-state index contributed by atoms with van der Waals surface area (Å²) in [6.45, 7) is 1.84. The summed E-state index contributed by atoms with van der Waals surface area (Å²) in [5.74, 6) is 0.0445. The summed E-state index contributed by atoms with van der Waals surface area (Å²) < 4.78 is 2.41. The molecule has 1 aromatic rings. The molecule has 1 aliphatic rings. The Hall–Kier alpha value is -0.840. The Balaban J connectivity index is 1.99. The van der Waals surface area contributed by atoms with E-state index in [1.54, 1.807) is 10.9 Å². The van der Waals surface area contributed by atoms with E-state index in [9.17, 15) is 4.79 Å². The third-order valence-electron chi connectivity index (χ3n) is 2.28. The average molecular weight is 258 g/mol. The Morgan fingerprint density at radius 3 is 3.00 bits per heavy atom. The molecular formula is C9H12BrN3O. The lowest BCUT2D eigenvalue weighted by Gasteiger charge is -2.11. The highest BCUT2D eigenvalue weighted by Gasteiger charge is 2.26. The van der Waals surface area contributed by atoms with Gasteiger partial charge in [-0.2, -0.15) is 5.10 Å². The molecule has 1 unspecified atom stereocenters. The Morgan fingerprint density at radius 2 is 2.50 bits per heavy atom. The predicted octanol–water partition coefficient (Wildman–Crippen LogP) is 1.49. The molecule has 76 valence electrons. The lowest BCUT2D eigenvalue weighted by Crippen LogP contribution is -2.32. The van der Waals surface area contributed by atoms with Gasteiger partial charge in [-0.05, 0) is 41.8 Å². The van der Waals surface area contributed by atoms with Crippen molar-refractivity contribution >= 4 is 21.8 Å². The summed E-state index contributed by atoms with van der Waals surface area (Å²) in [6, 6.07) is 1.99. The minimum absolute atomic E-state index is 0.0445. The summed E-state index contributed by atoms with van der Waals surface area (Å²) in [5.41, 5.74) is 0. The van der Waals surface area contributed by atoms with Gasteiger partial charge in [0.1, 0.15) is 10.6 Å². The second-order valence-electron chi connectivity index (χ2n) is 3.58. The van der Waals surface area contributed by atoms with Crippen LogP contribution in [0.15, 0.2) is 16.9 Å². The molecule has 0 bridgehead atoms. The van der Waals surface area contributed by atoms with Gasteiger partial charge in [0, 0.05) is 12.2 Å². The zero-order valence-corrected chi connectivity index (χ0v) is 9.49. The van der Waals surface area contributed by atoms with Crippen molar-refractivity contribution < 1.29 is 4.79 Å². The van der Waals surface area contributed by atoms with Crippen molar-refractivity contribution in [3.63, 3.8) is 0 Å². The molecule has 1 aliphatic carbocycles. The quantitative estimate of drug-likeness (QED) is 0.892. The Labute approximate surface area is 90.8 Å². The van der Waals surface area contributed by atoms with E-state index in [1.807, 2.05) is 13.0 Å². The minimum Gasteiger partial charge on any atom is -0.352 e. The van der Waals surface area contributed by atoms with Crippen LogP contribution in [0.2, 0.25) is 0 Å². The molecule has 4 nitrogen and oxygen atoms in total. The number of carbonyl (C=O) groups is 1. The lowest BCUT2D eigenvalue weighted by molar-refractivity contribution is -0.124. The van der Waals surface area contributed by atoms with Crippen molar-refractivity contribution in [1.29, 1.82) is 0 Å². The second kappa shape index (κ2) is 3.73. The normalized spacial score (nSPS) is 17.9. The molecule has 0 saturated heterocycles. The van der Waals surface area contributed by atoms with Crippen LogP contribution < -0.4 is 5.32 Å². The predicted molar refractivity (Wildman–Crippen MR) is 55.8 cm³/mol. The second-order valence-corrected chi connectivity index (χ2v) is 4.39. The van der Waals surface area contributed by atoms with E-state index < -0.39 is 0 Å². The first kappa shape index (κ1) is 9.71. The molecule has 0 radical (unpaired) electrons. The smallest absolute Gasteiger partial charge is 0.244 e. The van der Waals surface area contributed by atoms with Gasteiger partial charge in [-0.15, -0.1) is 0 Å². The molecule has 5 heteroatoms. The van der Waals surface area contributed by atoms with Gasteiger partial charge in [0.2, 0.25) is 5.91 Å². The molecule has 1 atom stereocenters. The number of hydrogen-bond donors (Lipinski definition) is 1. The lowest BCUT2D eigenvalue weighted by atomic mass is 10.3. The molecule has 1 amide bonds. The number of amides is 1. The SMILES string of the molecule is CC(C(=O)NC1CC1)n1ccc(Br)n1. The van der Waals surface area contributed by atoms with Crippen LogP contribution in [-0.4, -0.2) is 21.7 Å². The molecule has 1 aromatic heterocycles. The maximum Gasteiger partial charge on any atom is 0.244 e. The summed E-state index contributed by atoms with van der Waals surface area (Å²) >= 11 is 3.25. The fourth-order valence-corrected chi connectivity index (χ4v) is 1.50. The van der Waals surface area contributed by atoms with Gasteiger partial charge < -0.3 is 5.32 Å². The molecule has 2 rings (SSSR count). The molecule has 0 aromatic carbocycles. The van der Waals surface area contributed by atoms with Gasteiger partial charge in [-0.3, -0.25) is 9.48 Å². The van der Waals surface area contributed by atoms with Gasteiger partial charge in [0.15, 0.2) is 0 Å². The van der Waals surface area contributed by atoms with Crippen molar-refractivity contribution in [2.45, 2.75) is 31.8 Å². The standard InChI is InChI=1S/C9H12BrN3O/c1-6(9(14)11-7-2-3-7)13-5-4-8(10)12-13/h4-7H,2-3H2,1H3,(H,11,14). The summed E-state index contributed by atoms with van der Waals surface area (Å²) in [7, 11) is 0. The van der Waals surface area contributed by atoms with E-state index in [0.29, 0.717) is 6.04 Å². The van der Waals surface area contributed by atoms with Crippen LogP contribution in [0, 0.1) is 0 Å². The molecular weight excluding hydrogens is 246 g/mol. The Kier molecular flexibility index (Phi) is 2.58. The Morgan fingerprint density at radius 1 is 1.79 bits per heavy atom. The van der Waals surface area contributed by atoms with Crippen molar-refractivity contribution in [2.75, 3.05) is 0 Å². The number of nitrogens with one attached hydrogen (secondary N) is 1. The van der Waals surface area contributed by atoms with Crippen molar-refractivity contribution in [2.24, 2.45) is 0 Å². The van der Waals surface area contributed by atoms with Crippen molar-refractivity contribution in [3.05, 3.63) is 16.9 Å². The number of hydrogen-bond acceptors (Lipinski definition) is 2. The number of halogens is 1. The summed E-state index contributed by atoms with van der Waals surface area (Å²) in [5, 5.41) is 7.08. The molecule has 1 N–H and O–H groups in total. The first-order valence-electron chi connectivity index (χ1n) is 4.68. The zero-order valence-electron chi connectivity index (χ0n) is 7.90. The maximum absolute atomic E-state index is 11.6. The van der Waals surface area contributed by atoms with E-state index in [4.69, 9.17) is 0 Å². The first-order chi connectivity index (χ1) is 6.66. The molecule has 14 heavy (non-hydrogen) atoms. The van der Waals surface area contributed by atoms with Crippen LogP contribution in [0.3, 0.4) is 0 Å². The number of rotatable bonds is 3. The maximum atomic E-state index is 11.6. The Bertz CT molecular complexity index is 346.